The second kappa shape index (κ2) is 7.60. The third kappa shape index (κ3) is 3.87. The molecule has 0 atom stereocenters. The molecule has 1 amide bonds. The minimum Gasteiger partial charge on any atom is -0.360 e. The molecule has 0 saturated heterocycles. The molecule has 0 spiro atoms. The van der Waals surface area contributed by atoms with Gasteiger partial charge in [0.25, 0.3) is 17.4 Å². The van der Waals surface area contributed by atoms with Gasteiger partial charge in [-0.1, -0.05) is 41.7 Å². The number of anilines is 1. The van der Waals surface area contributed by atoms with Gasteiger partial charge in [0.05, 0.1) is 10.5 Å². The smallest absolute Gasteiger partial charge is 0.298 e. The van der Waals surface area contributed by atoms with Crippen LogP contribution in [-0.4, -0.2) is 31.8 Å². The number of H-pyrrole nitrogens is 1. The summed E-state index contributed by atoms with van der Waals surface area (Å²) >= 11 is 1.14. The number of carbonyl (C=O) groups excluding carboxylic acids is 2. The highest BCUT2D eigenvalue weighted by atomic mass is 32.1. The Morgan fingerprint density at radius 2 is 1.86 bits per heavy atom. The molecule has 9 nitrogen and oxygen atoms in total. The van der Waals surface area contributed by atoms with Crippen molar-refractivity contribution in [2.24, 2.45) is 0 Å². The van der Waals surface area contributed by atoms with E-state index in [2.05, 4.69) is 20.5 Å². The minimum atomic E-state index is -0.798. The number of amides is 1. The zero-order chi connectivity index (χ0) is 20.4. The maximum absolute atomic E-state index is 12.5. The van der Waals surface area contributed by atoms with Crippen molar-refractivity contribution in [1.29, 1.82) is 0 Å². The van der Waals surface area contributed by atoms with Gasteiger partial charge in [0, 0.05) is 35.7 Å². The van der Waals surface area contributed by atoms with Crippen LogP contribution in [0.2, 0.25) is 0 Å². The second-order valence-electron chi connectivity index (χ2n) is 6.13. The quantitative estimate of drug-likeness (QED) is 0.218. The molecule has 0 aliphatic carbocycles. The van der Waals surface area contributed by atoms with Crippen molar-refractivity contribution in [3.8, 4) is 0 Å². The number of nitrogens with one attached hydrogen (secondary N) is 2. The summed E-state index contributed by atoms with van der Waals surface area (Å²) in [7, 11) is 0. The molecule has 2 aromatic heterocycles. The zero-order valence-corrected chi connectivity index (χ0v) is 15.6. The van der Waals surface area contributed by atoms with Crippen molar-refractivity contribution in [2.45, 2.75) is 6.42 Å². The van der Waals surface area contributed by atoms with Crippen LogP contribution in [0, 0.1) is 10.1 Å². The van der Waals surface area contributed by atoms with Crippen LogP contribution in [-0.2, 0) is 11.2 Å². The number of nitro benzene ring substituents is 1. The van der Waals surface area contributed by atoms with E-state index < -0.39 is 16.6 Å². The molecule has 4 aromatic rings. The van der Waals surface area contributed by atoms with Crippen LogP contribution in [0.25, 0.3) is 10.9 Å². The van der Waals surface area contributed by atoms with E-state index in [0.29, 0.717) is 16.8 Å². The predicted molar refractivity (Wildman–Crippen MR) is 107 cm³/mol. The van der Waals surface area contributed by atoms with Crippen LogP contribution in [0.3, 0.4) is 0 Å². The number of ketones is 1. The molecule has 2 heterocycles. The van der Waals surface area contributed by atoms with Crippen LogP contribution < -0.4 is 5.32 Å². The Morgan fingerprint density at radius 1 is 1.10 bits per heavy atom. The number of hydrogen-bond acceptors (Lipinski definition) is 7. The van der Waals surface area contributed by atoms with E-state index in [0.717, 1.165) is 22.4 Å². The number of hydrogen-bond donors (Lipinski definition) is 2. The first-order chi connectivity index (χ1) is 14.0. The van der Waals surface area contributed by atoms with E-state index in [1.165, 1.54) is 18.3 Å². The number of rotatable bonds is 6. The maximum atomic E-state index is 12.5. The zero-order valence-electron chi connectivity index (χ0n) is 14.8. The van der Waals surface area contributed by atoms with Gasteiger partial charge >= 0.3 is 0 Å². The molecule has 0 aliphatic rings. The summed E-state index contributed by atoms with van der Waals surface area (Å²) in [6, 6.07) is 13.3. The maximum Gasteiger partial charge on any atom is 0.298 e. The molecule has 0 fully saturated rings. The number of aromatic nitrogens is 3. The third-order valence-electron chi connectivity index (χ3n) is 4.23. The van der Waals surface area contributed by atoms with Crippen molar-refractivity contribution in [2.75, 3.05) is 5.32 Å². The Morgan fingerprint density at radius 3 is 2.62 bits per heavy atom. The summed E-state index contributed by atoms with van der Waals surface area (Å²) in [5.74, 6) is -1.47. The largest absolute Gasteiger partial charge is 0.360 e. The molecule has 144 valence electrons. The van der Waals surface area contributed by atoms with Crippen molar-refractivity contribution in [3.05, 3.63) is 81.0 Å². The lowest BCUT2D eigenvalue weighted by molar-refractivity contribution is -0.384. The van der Waals surface area contributed by atoms with Gasteiger partial charge in [-0.15, -0.1) is 10.2 Å². The fraction of sp³-hybridized carbons (Fsp3) is 0.0526. The Labute approximate surface area is 167 Å². The van der Waals surface area contributed by atoms with Crippen LogP contribution in [0.1, 0.15) is 20.9 Å². The van der Waals surface area contributed by atoms with Crippen molar-refractivity contribution < 1.29 is 14.5 Å². The van der Waals surface area contributed by atoms with E-state index in [1.807, 2.05) is 12.1 Å². The number of non-ortho nitro benzene ring substituents is 1. The molecule has 0 unspecified atom stereocenters. The standard InChI is InChI=1S/C19H13N5O4S/c25-17(14-10-20-15-4-2-1-3-13(14)15)18(26)21-19-23-22-16(29-19)9-11-5-7-12(8-6-11)24(27)28/h1-8,10,20H,9H2,(H,21,23,26). The Balaban J connectivity index is 1.43. The predicted octanol–water partition coefficient (Wildman–Crippen LogP) is 3.34. The van der Waals surface area contributed by atoms with Crippen molar-refractivity contribution >= 4 is 44.7 Å². The molecule has 0 radical (unpaired) electrons. The van der Waals surface area contributed by atoms with Gasteiger partial charge in [0.1, 0.15) is 5.01 Å². The van der Waals surface area contributed by atoms with Gasteiger partial charge in [-0.2, -0.15) is 0 Å². The number of nitrogens with zero attached hydrogens (tertiary/aromatic N) is 3. The number of para-hydroxylation sites is 1. The van der Waals surface area contributed by atoms with Gasteiger partial charge in [0.15, 0.2) is 0 Å². The Bertz CT molecular complexity index is 1230. The number of fused-ring (bicyclic) bond motifs is 1. The molecule has 10 heteroatoms. The third-order valence-corrected chi connectivity index (χ3v) is 5.07. The lowest BCUT2D eigenvalue weighted by Crippen LogP contribution is -2.22. The molecule has 4 rings (SSSR count). The van der Waals surface area contributed by atoms with Gasteiger partial charge in [-0.25, -0.2) is 0 Å². The minimum absolute atomic E-state index is 0.00904. The Hall–Kier alpha value is -3.92. The van der Waals surface area contributed by atoms with E-state index >= 15 is 0 Å². The lowest BCUT2D eigenvalue weighted by atomic mass is 10.1. The normalized spacial score (nSPS) is 10.8. The highest BCUT2D eigenvalue weighted by Crippen LogP contribution is 2.22. The molecule has 0 bridgehead atoms. The molecule has 0 saturated carbocycles. The van der Waals surface area contributed by atoms with Crippen LogP contribution in [0.4, 0.5) is 10.8 Å². The average molecular weight is 407 g/mol. The number of Topliss-reactive ketones (excluding diaryl/α,β-unsaturated/α-hetero) is 1. The number of nitro groups is 1. The molecular formula is C19H13N5O4S. The van der Waals surface area contributed by atoms with E-state index in [-0.39, 0.29) is 16.4 Å². The van der Waals surface area contributed by atoms with Crippen LogP contribution in [0.5, 0.6) is 0 Å². The van der Waals surface area contributed by atoms with Gasteiger partial charge in [-0.3, -0.25) is 25.0 Å². The number of aromatic amines is 1. The number of carbonyl (C=O) groups is 2. The van der Waals surface area contributed by atoms with Crippen LogP contribution >= 0.6 is 11.3 Å². The summed E-state index contributed by atoms with van der Waals surface area (Å²) < 4.78 is 0. The summed E-state index contributed by atoms with van der Waals surface area (Å²) in [6.45, 7) is 0. The Kier molecular flexibility index (Phi) is 4.83. The molecule has 2 aromatic carbocycles. The first kappa shape index (κ1) is 18.4. The second-order valence-corrected chi connectivity index (χ2v) is 7.19. The topological polar surface area (TPSA) is 131 Å². The van der Waals surface area contributed by atoms with Crippen molar-refractivity contribution in [3.63, 3.8) is 0 Å². The van der Waals surface area contributed by atoms with Crippen LogP contribution in [0.15, 0.2) is 54.7 Å². The van der Waals surface area contributed by atoms with E-state index in [9.17, 15) is 19.7 Å². The summed E-state index contributed by atoms with van der Waals surface area (Å²) in [5, 5.41) is 22.6. The summed E-state index contributed by atoms with van der Waals surface area (Å²) in [6.07, 6.45) is 1.91. The number of benzene rings is 2. The molecule has 2 N–H and O–H groups in total. The van der Waals surface area contributed by atoms with Gasteiger partial charge in [-0.05, 0) is 11.6 Å². The van der Waals surface area contributed by atoms with E-state index in [4.69, 9.17) is 0 Å². The lowest BCUT2D eigenvalue weighted by Gasteiger charge is -1.99. The summed E-state index contributed by atoms with van der Waals surface area (Å²) in [5.41, 5.74) is 1.88. The first-order valence-corrected chi connectivity index (χ1v) is 9.30. The highest BCUT2D eigenvalue weighted by molar-refractivity contribution is 7.15. The fourth-order valence-electron chi connectivity index (χ4n) is 2.82. The monoisotopic (exact) mass is 407 g/mol. The highest BCUT2D eigenvalue weighted by Gasteiger charge is 2.21. The average Bonchev–Trinajstić information content (AvgIpc) is 3.34. The molecule has 0 aliphatic heterocycles. The SMILES string of the molecule is O=C(Nc1nnc(Cc2ccc([N+](=O)[O-])cc2)s1)C(=O)c1c[nH]c2ccccc12. The molecule has 29 heavy (non-hydrogen) atoms. The van der Waals surface area contributed by atoms with Crippen molar-refractivity contribution in [1.82, 2.24) is 15.2 Å². The first-order valence-electron chi connectivity index (χ1n) is 8.49. The van der Waals surface area contributed by atoms with E-state index in [1.54, 1.807) is 24.3 Å². The fourth-order valence-corrected chi connectivity index (χ4v) is 3.59. The summed E-state index contributed by atoms with van der Waals surface area (Å²) in [4.78, 5) is 38.0. The van der Waals surface area contributed by atoms with Gasteiger partial charge < -0.3 is 4.98 Å². The molecular weight excluding hydrogens is 394 g/mol. The van der Waals surface area contributed by atoms with Gasteiger partial charge in [0.2, 0.25) is 5.13 Å².